The van der Waals surface area contributed by atoms with Crippen LogP contribution in [0, 0.1) is 13.8 Å². The lowest BCUT2D eigenvalue weighted by molar-refractivity contribution is -0.122. The molecule has 28 heavy (non-hydrogen) atoms. The van der Waals surface area contributed by atoms with Gasteiger partial charge in [0.25, 0.3) is 5.91 Å². The number of amides is 1. The molecule has 0 heterocycles. The molecule has 152 valence electrons. The molecule has 6 nitrogen and oxygen atoms in total. The predicted octanol–water partition coefficient (Wildman–Crippen LogP) is 3.74. The molecule has 0 saturated heterocycles. The number of rotatable bonds is 8. The van der Waals surface area contributed by atoms with Gasteiger partial charge in [-0.05, 0) is 56.2 Å². The molecular formula is C21H28N2O4S. The molecule has 0 fully saturated rings. The summed E-state index contributed by atoms with van der Waals surface area (Å²) in [6.07, 6.45) is -0.731. The van der Waals surface area contributed by atoms with E-state index < -0.39 is 16.1 Å². The molecular weight excluding hydrogens is 376 g/mol. The third kappa shape index (κ3) is 4.91. The summed E-state index contributed by atoms with van der Waals surface area (Å²) in [4.78, 5) is 12.8. The minimum atomic E-state index is -3.62. The van der Waals surface area contributed by atoms with Gasteiger partial charge in [-0.15, -0.1) is 0 Å². The maximum Gasteiger partial charge on any atom is 0.265 e. The molecule has 0 bridgehead atoms. The Kier molecular flexibility index (Phi) is 7.21. The van der Waals surface area contributed by atoms with E-state index in [-0.39, 0.29) is 10.8 Å². The largest absolute Gasteiger partial charge is 0.481 e. The second kappa shape index (κ2) is 9.21. The number of ether oxygens (including phenoxy) is 1. The predicted molar refractivity (Wildman–Crippen MR) is 111 cm³/mol. The number of carbonyl (C=O) groups excluding carboxylic acids is 1. The van der Waals surface area contributed by atoms with Crippen LogP contribution in [0.15, 0.2) is 47.4 Å². The van der Waals surface area contributed by atoms with E-state index in [9.17, 15) is 13.2 Å². The van der Waals surface area contributed by atoms with Crippen LogP contribution >= 0.6 is 0 Å². The van der Waals surface area contributed by atoms with Crippen molar-refractivity contribution in [2.45, 2.75) is 45.6 Å². The smallest absolute Gasteiger partial charge is 0.265 e. The summed E-state index contributed by atoms with van der Waals surface area (Å²) in [5.74, 6) is 0.250. The SMILES string of the molecule is CCN(CC)S(=O)(=O)c1cc(C)c(C)c(NC(=O)C(C)Oc2ccccc2)c1. The summed E-state index contributed by atoms with van der Waals surface area (Å²) < 4.78 is 32.8. The number of sulfonamides is 1. The van der Waals surface area contributed by atoms with Gasteiger partial charge in [0.05, 0.1) is 4.90 Å². The normalized spacial score (nSPS) is 12.6. The van der Waals surface area contributed by atoms with E-state index >= 15 is 0 Å². The third-order valence-electron chi connectivity index (χ3n) is 4.67. The third-order valence-corrected chi connectivity index (χ3v) is 6.69. The average molecular weight is 405 g/mol. The molecule has 0 saturated carbocycles. The highest BCUT2D eigenvalue weighted by atomic mass is 32.2. The van der Waals surface area contributed by atoms with E-state index in [1.165, 1.54) is 10.4 Å². The van der Waals surface area contributed by atoms with Crippen molar-refractivity contribution in [3.05, 3.63) is 53.6 Å². The van der Waals surface area contributed by atoms with E-state index in [0.717, 1.165) is 11.1 Å². The van der Waals surface area contributed by atoms with Crippen LogP contribution in [0.4, 0.5) is 5.69 Å². The Morgan fingerprint density at radius 2 is 1.71 bits per heavy atom. The standard InChI is InChI=1S/C21H28N2O4S/c1-6-23(7-2)28(25,26)19-13-15(3)16(4)20(14-19)22-21(24)17(5)27-18-11-9-8-10-12-18/h8-14,17H,6-7H2,1-5H3,(H,22,24). The van der Waals surface area contributed by atoms with Crippen molar-refractivity contribution in [3.63, 3.8) is 0 Å². The first-order chi connectivity index (χ1) is 13.2. The van der Waals surface area contributed by atoms with Gasteiger partial charge in [-0.25, -0.2) is 8.42 Å². The molecule has 0 aliphatic rings. The van der Waals surface area contributed by atoms with Gasteiger partial charge in [0, 0.05) is 18.8 Å². The molecule has 0 aliphatic heterocycles. The summed E-state index contributed by atoms with van der Waals surface area (Å²) in [7, 11) is -3.62. The number of hydrogen-bond acceptors (Lipinski definition) is 4. The highest BCUT2D eigenvalue weighted by Crippen LogP contribution is 2.26. The molecule has 1 N–H and O–H groups in total. The van der Waals surface area contributed by atoms with Crippen molar-refractivity contribution in [1.29, 1.82) is 0 Å². The number of hydrogen-bond donors (Lipinski definition) is 1. The summed E-state index contributed by atoms with van der Waals surface area (Å²) >= 11 is 0. The number of benzene rings is 2. The van der Waals surface area contributed by atoms with Crippen molar-refractivity contribution < 1.29 is 17.9 Å². The number of nitrogens with one attached hydrogen (secondary N) is 1. The Morgan fingerprint density at radius 3 is 2.29 bits per heavy atom. The number of anilines is 1. The Balaban J connectivity index is 2.28. The number of para-hydroxylation sites is 1. The van der Waals surface area contributed by atoms with Gasteiger partial charge < -0.3 is 10.1 Å². The van der Waals surface area contributed by atoms with Crippen LogP contribution in [0.1, 0.15) is 31.9 Å². The van der Waals surface area contributed by atoms with E-state index in [2.05, 4.69) is 5.32 Å². The Hall–Kier alpha value is -2.38. The average Bonchev–Trinajstić information content (AvgIpc) is 2.66. The van der Waals surface area contributed by atoms with Crippen LogP contribution in [0.25, 0.3) is 0 Å². The summed E-state index contributed by atoms with van der Waals surface area (Å²) in [5, 5.41) is 2.81. The highest BCUT2D eigenvalue weighted by molar-refractivity contribution is 7.89. The number of carbonyl (C=O) groups is 1. The summed E-state index contributed by atoms with van der Waals surface area (Å²) in [5.41, 5.74) is 2.08. The first-order valence-electron chi connectivity index (χ1n) is 9.34. The van der Waals surface area contributed by atoms with Gasteiger partial charge in [0.1, 0.15) is 5.75 Å². The zero-order valence-electron chi connectivity index (χ0n) is 17.0. The van der Waals surface area contributed by atoms with Crippen LogP contribution in [0.5, 0.6) is 5.75 Å². The first kappa shape index (κ1) is 21.9. The quantitative estimate of drug-likeness (QED) is 0.727. The van der Waals surface area contributed by atoms with Crippen LogP contribution < -0.4 is 10.1 Å². The maximum absolute atomic E-state index is 12.9. The Labute approximate surface area is 167 Å². The van der Waals surface area contributed by atoms with E-state index in [1.807, 2.05) is 32.0 Å². The Bertz CT molecular complexity index is 923. The van der Waals surface area contributed by atoms with Crippen molar-refractivity contribution in [3.8, 4) is 5.75 Å². The van der Waals surface area contributed by atoms with E-state index in [0.29, 0.717) is 24.5 Å². The molecule has 2 aromatic rings. The first-order valence-corrected chi connectivity index (χ1v) is 10.8. The molecule has 7 heteroatoms. The van der Waals surface area contributed by atoms with Gasteiger partial charge in [-0.1, -0.05) is 32.0 Å². The van der Waals surface area contributed by atoms with E-state index in [4.69, 9.17) is 4.74 Å². The van der Waals surface area contributed by atoms with Gasteiger partial charge >= 0.3 is 0 Å². The molecule has 1 unspecified atom stereocenters. The van der Waals surface area contributed by atoms with Gasteiger partial charge in [0.15, 0.2) is 6.10 Å². The lowest BCUT2D eigenvalue weighted by Gasteiger charge is -2.21. The molecule has 2 rings (SSSR count). The lowest BCUT2D eigenvalue weighted by atomic mass is 10.1. The fourth-order valence-electron chi connectivity index (χ4n) is 2.81. The number of aryl methyl sites for hydroxylation is 1. The van der Waals surface area contributed by atoms with Gasteiger partial charge in [-0.2, -0.15) is 4.31 Å². The van der Waals surface area contributed by atoms with Crippen LogP contribution in [0.3, 0.4) is 0 Å². The molecule has 0 spiro atoms. The van der Waals surface area contributed by atoms with Crippen molar-refractivity contribution in [2.24, 2.45) is 0 Å². The second-order valence-electron chi connectivity index (χ2n) is 6.56. The van der Waals surface area contributed by atoms with Crippen molar-refractivity contribution in [2.75, 3.05) is 18.4 Å². The molecule has 1 amide bonds. The van der Waals surface area contributed by atoms with Gasteiger partial charge in [0.2, 0.25) is 10.0 Å². The Morgan fingerprint density at radius 1 is 1.11 bits per heavy atom. The molecule has 1 atom stereocenters. The zero-order chi connectivity index (χ0) is 20.9. The van der Waals surface area contributed by atoms with Gasteiger partial charge in [-0.3, -0.25) is 4.79 Å². The second-order valence-corrected chi connectivity index (χ2v) is 8.50. The topological polar surface area (TPSA) is 75.7 Å². The maximum atomic E-state index is 12.9. The minimum absolute atomic E-state index is 0.172. The van der Waals surface area contributed by atoms with Crippen LogP contribution in [-0.2, 0) is 14.8 Å². The fourth-order valence-corrected chi connectivity index (χ4v) is 4.38. The van der Waals surface area contributed by atoms with Crippen LogP contribution in [-0.4, -0.2) is 37.8 Å². The lowest BCUT2D eigenvalue weighted by Crippen LogP contribution is -2.32. The molecule has 2 aromatic carbocycles. The fraction of sp³-hybridized carbons (Fsp3) is 0.381. The number of nitrogens with zero attached hydrogens (tertiary/aromatic N) is 1. The summed E-state index contributed by atoms with van der Waals surface area (Å²) in [6.45, 7) is 9.70. The zero-order valence-corrected chi connectivity index (χ0v) is 17.8. The van der Waals surface area contributed by atoms with Crippen LogP contribution in [0.2, 0.25) is 0 Å². The van der Waals surface area contributed by atoms with Crippen molar-refractivity contribution in [1.82, 2.24) is 4.31 Å². The van der Waals surface area contributed by atoms with E-state index in [1.54, 1.807) is 39.0 Å². The molecule has 0 aliphatic carbocycles. The highest BCUT2D eigenvalue weighted by Gasteiger charge is 2.24. The van der Waals surface area contributed by atoms with Crippen molar-refractivity contribution >= 4 is 21.6 Å². The molecule has 0 radical (unpaired) electrons. The summed E-state index contributed by atoms with van der Waals surface area (Å²) in [6, 6.07) is 12.2. The molecule has 0 aromatic heterocycles. The minimum Gasteiger partial charge on any atom is -0.481 e. The monoisotopic (exact) mass is 404 g/mol.